The maximum atomic E-state index is 12.8. The maximum absolute atomic E-state index is 12.8. The highest BCUT2D eigenvalue weighted by atomic mass is 35.5. The molecule has 1 aliphatic heterocycles. The van der Waals surface area contributed by atoms with Crippen LogP contribution in [0.4, 0.5) is 5.69 Å². The summed E-state index contributed by atoms with van der Waals surface area (Å²) >= 11 is 6.25. The lowest BCUT2D eigenvalue weighted by Crippen LogP contribution is -2.42. The molecule has 0 spiro atoms. The Morgan fingerprint density at radius 1 is 1.07 bits per heavy atom. The molecular weight excluding hydrogens is 370 g/mol. The Kier molecular flexibility index (Phi) is 5.25. The Bertz CT molecular complexity index is 1010. The summed E-state index contributed by atoms with van der Waals surface area (Å²) in [6, 6.07) is 18.1. The number of aryl methyl sites for hydroxylation is 2. The number of nitrogens with zero attached hydrogens (tertiary/aromatic N) is 2. The molecule has 0 radical (unpaired) electrons. The number of hydrogen-bond acceptors (Lipinski definition) is 2. The average molecular weight is 394 g/mol. The molecule has 5 heteroatoms. The average Bonchev–Trinajstić information content (AvgIpc) is 3.13. The van der Waals surface area contributed by atoms with Gasteiger partial charge in [0.15, 0.2) is 0 Å². The molecular formula is C23H24ClN3O. The van der Waals surface area contributed by atoms with Crippen LogP contribution in [0.2, 0.25) is 5.02 Å². The molecule has 0 fully saturated rings. The normalized spacial score (nSPS) is 16.6. The van der Waals surface area contributed by atoms with Gasteiger partial charge in [0.05, 0.1) is 12.6 Å². The van der Waals surface area contributed by atoms with Crippen LogP contribution >= 0.6 is 11.6 Å². The largest absolute Gasteiger partial charge is 0.348 e. The van der Waals surface area contributed by atoms with Crippen LogP contribution < -0.4 is 5.32 Å². The Morgan fingerprint density at radius 3 is 2.71 bits per heavy atom. The lowest BCUT2D eigenvalue weighted by Gasteiger charge is -2.37. The highest BCUT2D eigenvalue weighted by Crippen LogP contribution is 2.33. The smallest absolute Gasteiger partial charge is 0.238 e. The van der Waals surface area contributed by atoms with Crippen LogP contribution in [0, 0.1) is 13.8 Å². The first kappa shape index (κ1) is 18.8. The molecule has 4 nitrogen and oxygen atoms in total. The molecule has 1 N–H and O–H groups in total. The molecule has 0 saturated carbocycles. The zero-order valence-corrected chi connectivity index (χ0v) is 16.9. The van der Waals surface area contributed by atoms with Gasteiger partial charge in [-0.05, 0) is 66.9 Å². The predicted octanol–water partition coefficient (Wildman–Crippen LogP) is 4.80. The van der Waals surface area contributed by atoms with Gasteiger partial charge in [-0.25, -0.2) is 0 Å². The quantitative estimate of drug-likeness (QED) is 0.691. The van der Waals surface area contributed by atoms with Crippen LogP contribution in [0.3, 0.4) is 0 Å². The van der Waals surface area contributed by atoms with E-state index in [1.165, 1.54) is 16.8 Å². The number of carbonyl (C=O) groups excluding carboxylic acids is 1. The van der Waals surface area contributed by atoms with E-state index in [1.54, 1.807) is 0 Å². The van der Waals surface area contributed by atoms with Crippen molar-refractivity contribution in [1.29, 1.82) is 0 Å². The van der Waals surface area contributed by atoms with Crippen LogP contribution in [0.5, 0.6) is 0 Å². The van der Waals surface area contributed by atoms with Gasteiger partial charge in [-0.1, -0.05) is 29.8 Å². The zero-order valence-electron chi connectivity index (χ0n) is 16.2. The number of aromatic nitrogens is 1. The molecule has 0 aliphatic carbocycles. The number of anilines is 1. The molecule has 1 atom stereocenters. The third-order valence-corrected chi connectivity index (χ3v) is 5.67. The molecule has 2 aromatic carbocycles. The zero-order chi connectivity index (χ0) is 19.7. The lowest BCUT2D eigenvalue weighted by atomic mass is 10.00. The number of halogens is 1. The van der Waals surface area contributed by atoms with Gasteiger partial charge in [-0.15, -0.1) is 0 Å². The number of amides is 1. The highest BCUT2D eigenvalue weighted by Gasteiger charge is 2.30. The van der Waals surface area contributed by atoms with Crippen molar-refractivity contribution in [1.82, 2.24) is 9.47 Å². The predicted molar refractivity (Wildman–Crippen MR) is 114 cm³/mol. The van der Waals surface area contributed by atoms with Gasteiger partial charge in [0, 0.05) is 35.7 Å². The first-order valence-corrected chi connectivity index (χ1v) is 9.91. The third kappa shape index (κ3) is 3.84. The number of carbonyl (C=O) groups is 1. The minimum atomic E-state index is -0.00436. The first-order chi connectivity index (χ1) is 13.5. The van der Waals surface area contributed by atoms with Gasteiger partial charge >= 0.3 is 0 Å². The summed E-state index contributed by atoms with van der Waals surface area (Å²) in [7, 11) is 0. The van der Waals surface area contributed by atoms with Gasteiger partial charge < -0.3 is 9.88 Å². The number of hydrogen-bond donors (Lipinski definition) is 1. The number of benzene rings is 2. The highest BCUT2D eigenvalue weighted by molar-refractivity contribution is 6.30. The van der Waals surface area contributed by atoms with Crippen molar-refractivity contribution in [2.75, 3.05) is 18.4 Å². The fourth-order valence-corrected chi connectivity index (χ4v) is 4.06. The third-order valence-electron chi connectivity index (χ3n) is 5.44. The summed E-state index contributed by atoms with van der Waals surface area (Å²) in [5, 5.41) is 3.75. The van der Waals surface area contributed by atoms with E-state index < -0.39 is 0 Å². The van der Waals surface area contributed by atoms with Crippen molar-refractivity contribution in [2.45, 2.75) is 26.4 Å². The van der Waals surface area contributed by atoms with Gasteiger partial charge in [-0.3, -0.25) is 9.69 Å². The standard InChI is InChI=1S/C23H24ClN3O/c1-16-8-9-20(13-17(16)2)25-22(28)15-27-12-11-26-10-4-7-21(26)23(27)18-5-3-6-19(24)14-18/h3-10,13-14,23H,11-12,15H2,1-2H3,(H,25,28)/t23-/m0/s1. The Balaban J connectivity index is 1.57. The molecule has 3 aromatic rings. The maximum Gasteiger partial charge on any atom is 0.238 e. The minimum absolute atomic E-state index is 0.00436. The molecule has 144 valence electrons. The van der Waals surface area contributed by atoms with Crippen molar-refractivity contribution in [3.8, 4) is 0 Å². The molecule has 0 bridgehead atoms. The van der Waals surface area contributed by atoms with Crippen LogP contribution in [-0.4, -0.2) is 28.5 Å². The van der Waals surface area contributed by atoms with E-state index in [1.807, 2.05) is 36.4 Å². The Hall–Kier alpha value is -2.56. The van der Waals surface area contributed by atoms with Crippen molar-refractivity contribution < 1.29 is 4.79 Å². The Labute approximate surface area is 170 Å². The molecule has 0 unspecified atom stereocenters. The second-order valence-corrected chi connectivity index (χ2v) is 7.84. The lowest BCUT2D eigenvalue weighted by molar-refractivity contribution is -0.117. The van der Waals surface area contributed by atoms with Crippen molar-refractivity contribution in [3.05, 3.63) is 88.2 Å². The second kappa shape index (κ2) is 7.82. The van der Waals surface area contributed by atoms with Crippen molar-refractivity contribution >= 4 is 23.2 Å². The fraction of sp³-hybridized carbons (Fsp3) is 0.261. The molecule has 1 aliphatic rings. The van der Waals surface area contributed by atoms with Gasteiger partial charge in [0.2, 0.25) is 5.91 Å². The van der Waals surface area contributed by atoms with Crippen LogP contribution in [0.25, 0.3) is 0 Å². The van der Waals surface area contributed by atoms with E-state index in [-0.39, 0.29) is 11.9 Å². The molecule has 4 rings (SSSR count). The number of nitrogens with one attached hydrogen (secondary N) is 1. The minimum Gasteiger partial charge on any atom is -0.348 e. The van der Waals surface area contributed by atoms with Gasteiger partial charge in [0.25, 0.3) is 0 Å². The summed E-state index contributed by atoms with van der Waals surface area (Å²) in [4.78, 5) is 15.0. The van der Waals surface area contributed by atoms with Crippen molar-refractivity contribution in [3.63, 3.8) is 0 Å². The summed E-state index contributed by atoms with van der Waals surface area (Å²) in [5.74, 6) is -0.00436. The number of fused-ring (bicyclic) bond motifs is 1. The summed E-state index contributed by atoms with van der Waals surface area (Å²) in [5.41, 5.74) is 5.52. The number of rotatable bonds is 4. The van der Waals surface area contributed by atoms with Gasteiger partial charge in [0.1, 0.15) is 0 Å². The first-order valence-electron chi connectivity index (χ1n) is 9.53. The van der Waals surface area contributed by atoms with E-state index in [0.717, 1.165) is 24.3 Å². The summed E-state index contributed by atoms with van der Waals surface area (Å²) in [6.07, 6.45) is 2.10. The van der Waals surface area contributed by atoms with E-state index >= 15 is 0 Å². The molecule has 2 heterocycles. The second-order valence-electron chi connectivity index (χ2n) is 7.40. The molecule has 1 amide bonds. The molecule has 1 aromatic heterocycles. The monoisotopic (exact) mass is 393 g/mol. The van der Waals surface area contributed by atoms with E-state index in [2.05, 4.69) is 53.0 Å². The Morgan fingerprint density at radius 2 is 1.93 bits per heavy atom. The SMILES string of the molecule is Cc1ccc(NC(=O)CN2CCn3cccc3[C@@H]2c2cccc(Cl)c2)cc1C. The van der Waals surface area contributed by atoms with Gasteiger partial charge in [-0.2, -0.15) is 0 Å². The fourth-order valence-electron chi connectivity index (χ4n) is 3.86. The van der Waals surface area contributed by atoms with Crippen LogP contribution in [0.15, 0.2) is 60.8 Å². The molecule has 28 heavy (non-hydrogen) atoms. The van der Waals surface area contributed by atoms with E-state index in [9.17, 15) is 4.79 Å². The van der Waals surface area contributed by atoms with E-state index in [4.69, 9.17) is 11.6 Å². The van der Waals surface area contributed by atoms with Crippen LogP contribution in [-0.2, 0) is 11.3 Å². The van der Waals surface area contributed by atoms with Crippen LogP contribution in [0.1, 0.15) is 28.4 Å². The topological polar surface area (TPSA) is 37.3 Å². The summed E-state index contributed by atoms with van der Waals surface area (Å²) in [6.45, 7) is 6.13. The van der Waals surface area contributed by atoms with Crippen molar-refractivity contribution in [2.24, 2.45) is 0 Å². The van der Waals surface area contributed by atoms with E-state index in [0.29, 0.717) is 11.6 Å². The summed E-state index contributed by atoms with van der Waals surface area (Å²) < 4.78 is 2.25. The molecule has 0 saturated heterocycles.